The summed E-state index contributed by atoms with van der Waals surface area (Å²) in [5.74, 6) is 0.331. The molecular weight excluding hydrogens is 326 g/mol. The van der Waals surface area contributed by atoms with Gasteiger partial charge in [-0.3, -0.25) is 4.79 Å². The fraction of sp³-hybridized carbons (Fsp3) is 0.412. The summed E-state index contributed by atoms with van der Waals surface area (Å²) in [5, 5.41) is 5.47. The molecule has 1 aromatic rings. The summed E-state index contributed by atoms with van der Waals surface area (Å²) in [4.78, 5) is 22.2. The van der Waals surface area contributed by atoms with Crippen LogP contribution in [0.2, 0.25) is 0 Å². The Balaban J connectivity index is 2.96. The summed E-state index contributed by atoms with van der Waals surface area (Å²) in [6, 6.07) is 9.02. The van der Waals surface area contributed by atoms with Crippen LogP contribution in [0.15, 0.2) is 42.5 Å². The molecule has 24 heavy (non-hydrogen) atoms. The van der Waals surface area contributed by atoms with E-state index in [0.29, 0.717) is 18.7 Å². The summed E-state index contributed by atoms with van der Waals surface area (Å²) in [6.45, 7) is 4.51. The van der Waals surface area contributed by atoms with Crippen molar-refractivity contribution in [3.63, 3.8) is 0 Å². The fourth-order valence-corrected chi connectivity index (χ4v) is 2.88. The zero-order chi connectivity index (χ0) is 17.8. The van der Waals surface area contributed by atoms with Gasteiger partial charge in [-0.05, 0) is 26.0 Å². The van der Waals surface area contributed by atoms with Gasteiger partial charge in [0.05, 0.1) is 12.3 Å². The van der Waals surface area contributed by atoms with Crippen molar-refractivity contribution in [1.29, 1.82) is 0 Å². The third kappa shape index (κ3) is 7.41. The quantitative estimate of drug-likeness (QED) is 0.445. The Bertz CT molecular complexity index is 551. The number of hydrogen-bond acceptors (Lipinski definition) is 4. The molecule has 1 aromatic carbocycles. The van der Waals surface area contributed by atoms with Crippen LogP contribution in [-0.2, 0) is 4.79 Å². The summed E-state index contributed by atoms with van der Waals surface area (Å²) in [5.41, 5.74) is 5.29. The maximum atomic E-state index is 11.8. The minimum Gasteiger partial charge on any atom is -0.474 e. The molecule has 0 aliphatic heterocycles. The number of carbonyl (C=O) groups excluding carboxylic acids is 2. The van der Waals surface area contributed by atoms with Gasteiger partial charge in [0.15, 0.2) is 4.93 Å². The van der Waals surface area contributed by atoms with Gasteiger partial charge in [-0.25, -0.2) is 4.79 Å². The SMILES string of the molecule is CC=CCC(CNC(=O)NCC)(Oc1ccccc1)SCC(N)=O. The predicted molar refractivity (Wildman–Crippen MR) is 98.0 cm³/mol. The van der Waals surface area contributed by atoms with Crippen molar-refractivity contribution in [2.45, 2.75) is 25.2 Å². The van der Waals surface area contributed by atoms with Crippen molar-refractivity contribution in [3.05, 3.63) is 42.5 Å². The van der Waals surface area contributed by atoms with E-state index in [1.807, 2.05) is 56.3 Å². The lowest BCUT2D eigenvalue weighted by Crippen LogP contribution is -2.48. The number of allylic oxidation sites excluding steroid dienone is 1. The monoisotopic (exact) mass is 351 g/mol. The Morgan fingerprint density at radius 3 is 2.58 bits per heavy atom. The molecule has 0 saturated carbocycles. The second-order valence-corrected chi connectivity index (χ2v) is 6.39. The second-order valence-electron chi connectivity index (χ2n) is 5.07. The van der Waals surface area contributed by atoms with Crippen LogP contribution in [0.1, 0.15) is 20.3 Å². The first-order valence-corrected chi connectivity index (χ1v) is 8.79. The highest BCUT2D eigenvalue weighted by atomic mass is 32.2. The number of rotatable bonds is 10. The van der Waals surface area contributed by atoms with Crippen LogP contribution in [0.5, 0.6) is 5.75 Å². The molecule has 0 spiro atoms. The van der Waals surface area contributed by atoms with Gasteiger partial charge in [-0.15, -0.1) is 11.8 Å². The molecule has 0 radical (unpaired) electrons. The van der Waals surface area contributed by atoms with E-state index in [0.717, 1.165) is 0 Å². The molecule has 1 rings (SSSR count). The molecule has 0 saturated heterocycles. The van der Waals surface area contributed by atoms with E-state index in [2.05, 4.69) is 10.6 Å². The molecule has 0 aromatic heterocycles. The highest BCUT2D eigenvalue weighted by molar-refractivity contribution is 8.01. The number of benzene rings is 1. The molecule has 0 fully saturated rings. The number of nitrogens with two attached hydrogens (primary N) is 1. The van der Waals surface area contributed by atoms with E-state index in [9.17, 15) is 9.59 Å². The van der Waals surface area contributed by atoms with Crippen LogP contribution in [0.25, 0.3) is 0 Å². The average molecular weight is 351 g/mol. The molecule has 0 aliphatic carbocycles. The minimum atomic E-state index is -0.825. The lowest BCUT2D eigenvalue weighted by Gasteiger charge is -2.33. The summed E-state index contributed by atoms with van der Waals surface area (Å²) >= 11 is 1.28. The number of ether oxygens (including phenoxy) is 1. The van der Waals surface area contributed by atoms with Crippen LogP contribution < -0.4 is 21.1 Å². The largest absolute Gasteiger partial charge is 0.474 e. The molecule has 6 nitrogen and oxygen atoms in total. The first-order valence-electron chi connectivity index (χ1n) is 7.80. The van der Waals surface area contributed by atoms with E-state index in [1.165, 1.54) is 11.8 Å². The van der Waals surface area contributed by atoms with Gasteiger partial charge in [-0.2, -0.15) is 0 Å². The lowest BCUT2D eigenvalue weighted by molar-refractivity contribution is -0.115. The van der Waals surface area contributed by atoms with Gasteiger partial charge in [-0.1, -0.05) is 30.4 Å². The molecule has 7 heteroatoms. The van der Waals surface area contributed by atoms with E-state index < -0.39 is 10.8 Å². The number of primary amides is 1. The molecule has 1 unspecified atom stereocenters. The van der Waals surface area contributed by atoms with Crippen molar-refractivity contribution in [1.82, 2.24) is 10.6 Å². The number of amides is 3. The van der Waals surface area contributed by atoms with Crippen LogP contribution in [0.4, 0.5) is 4.79 Å². The lowest BCUT2D eigenvalue weighted by atomic mass is 10.2. The molecule has 132 valence electrons. The van der Waals surface area contributed by atoms with Crippen LogP contribution in [-0.4, -0.2) is 35.7 Å². The predicted octanol–water partition coefficient (Wildman–Crippen LogP) is 2.27. The number of carbonyl (C=O) groups is 2. The van der Waals surface area contributed by atoms with Crippen LogP contribution >= 0.6 is 11.8 Å². The Kier molecular flexibility index (Phi) is 8.78. The van der Waals surface area contributed by atoms with Gasteiger partial charge < -0.3 is 21.1 Å². The topological polar surface area (TPSA) is 93.4 Å². The van der Waals surface area contributed by atoms with Gasteiger partial charge >= 0.3 is 6.03 Å². The molecule has 3 amide bonds. The number of hydrogen-bond donors (Lipinski definition) is 3. The summed E-state index contributed by atoms with van der Waals surface area (Å²) in [7, 11) is 0. The Morgan fingerprint density at radius 2 is 2.00 bits per heavy atom. The molecule has 0 heterocycles. The van der Waals surface area contributed by atoms with Gasteiger partial charge in [0.1, 0.15) is 5.75 Å². The molecule has 0 aliphatic rings. The van der Waals surface area contributed by atoms with E-state index >= 15 is 0 Å². The van der Waals surface area contributed by atoms with Crippen LogP contribution in [0.3, 0.4) is 0 Å². The molecule has 1 atom stereocenters. The van der Waals surface area contributed by atoms with Crippen LogP contribution in [0, 0.1) is 0 Å². The average Bonchev–Trinajstić information content (AvgIpc) is 2.57. The minimum absolute atomic E-state index is 0.0987. The van der Waals surface area contributed by atoms with Crippen molar-refractivity contribution in [2.24, 2.45) is 5.73 Å². The van der Waals surface area contributed by atoms with E-state index in [1.54, 1.807) is 0 Å². The normalized spacial score (nSPS) is 13.2. The zero-order valence-electron chi connectivity index (χ0n) is 14.1. The van der Waals surface area contributed by atoms with Gasteiger partial charge in [0, 0.05) is 13.0 Å². The third-order valence-electron chi connectivity index (χ3n) is 3.04. The Hall–Kier alpha value is -2.15. The number of para-hydroxylation sites is 1. The first-order chi connectivity index (χ1) is 11.5. The highest BCUT2D eigenvalue weighted by Crippen LogP contribution is 2.32. The zero-order valence-corrected chi connectivity index (χ0v) is 14.9. The summed E-state index contributed by atoms with van der Waals surface area (Å²) < 4.78 is 6.14. The van der Waals surface area contributed by atoms with Gasteiger partial charge in [0.2, 0.25) is 5.91 Å². The number of thioether (sulfide) groups is 1. The number of urea groups is 1. The first kappa shape index (κ1) is 19.9. The van der Waals surface area contributed by atoms with Crippen molar-refractivity contribution >= 4 is 23.7 Å². The van der Waals surface area contributed by atoms with Crippen molar-refractivity contribution in [2.75, 3.05) is 18.8 Å². The number of nitrogens with one attached hydrogen (secondary N) is 2. The smallest absolute Gasteiger partial charge is 0.314 e. The second kappa shape index (κ2) is 10.6. The van der Waals surface area contributed by atoms with Crippen molar-refractivity contribution < 1.29 is 14.3 Å². The van der Waals surface area contributed by atoms with E-state index in [-0.39, 0.29) is 18.3 Å². The highest BCUT2D eigenvalue weighted by Gasteiger charge is 2.33. The Morgan fingerprint density at radius 1 is 1.29 bits per heavy atom. The maximum Gasteiger partial charge on any atom is 0.314 e. The van der Waals surface area contributed by atoms with Gasteiger partial charge in [0.25, 0.3) is 0 Å². The van der Waals surface area contributed by atoms with E-state index in [4.69, 9.17) is 10.5 Å². The standard InChI is InChI=1S/C17H25N3O3S/c1-3-5-11-17(24-12-15(18)21,13-20-16(22)19-4-2)23-14-9-7-6-8-10-14/h3,5-10H,4,11-13H2,1-2H3,(H2,18,21)(H2,19,20,22). The fourth-order valence-electron chi connectivity index (χ4n) is 1.93. The summed E-state index contributed by atoms with van der Waals surface area (Å²) in [6.07, 6.45) is 4.36. The molecular formula is C17H25N3O3S. The third-order valence-corrected chi connectivity index (χ3v) is 4.39. The molecule has 4 N–H and O–H groups in total. The Labute approximate surface area is 147 Å². The maximum absolute atomic E-state index is 11.8. The van der Waals surface area contributed by atoms with Crippen molar-refractivity contribution in [3.8, 4) is 5.75 Å². The molecule has 0 bridgehead atoms.